The maximum atomic E-state index is 13.3. The monoisotopic (exact) mass is 394 g/mol. The SMILES string of the molecule is CCC(C(=O)NCC(C)C)N(Cc1ccccc1)C(=O)Cc1cc(C)cc(C)c1. The molecule has 0 spiro atoms. The van der Waals surface area contributed by atoms with E-state index in [9.17, 15) is 9.59 Å². The van der Waals surface area contributed by atoms with Crippen molar-refractivity contribution in [2.45, 2.75) is 60.0 Å². The van der Waals surface area contributed by atoms with E-state index >= 15 is 0 Å². The van der Waals surface area contributed by atoms with Gasteiger partial charge < -0.3 is 10.2 Å². The van der Waals surface area contributed by atoms with Gasteiger partial charge in [-0.05, 0) is 37.3 Å². The molecule has 156 valence electrons. The maximum Gasteiger partial charge on any atom is 0.242 e. The third-order valence-corrected chi connectivity index (χ3v) is 4.90. The molecular weight excluding hydrogens is 360 g/mol. The third-order valence-electron chi connectivity index (χ3n) is 4.90. The molecule has 1 unspecified atom stereocenters. The first-order valence-electron chi connectivity index (χ1n) is 10.5. The van der Waals surface area contributed by atoms with Crippen LogP contribution >= 0.6 is 0 Å². The molecule has 0 aliphatic carbocycles. The summed E-state index contributed by atoms with van der Waals surface area (Å²) in [5, 5.41) is 3.00. The molecule has 1 atom stereocenters. The molecule has 4 heteroatoms. The molecule has 1 N–H and O–H groups in total. The number of nitrogens with zero attached hydrogens (tertiary/aromatic N) is 1. The summed E-state index contributed by atoms with van der Waals surface area (Å²) in [5.74, 6) is 0.265. The van der Waals surface area contributed by atoms with Gasteiger partial charge in [0, 0.05) is 13.1 Å². The average molecular weight is 395 g/mol. The van der Waals surface area contributed by atoms with Crippen molar-refractivity contribution in [2.75, 3.05) is 6.54 Å². The first-order chi connectivity index (χ1) is 13.8. The van der Waals surface area contributed by atoms with Gasteiger partial charge in [0.2, 0.25) is 11.8 Å². The van der Waals surface area contributed by atoms with Crippen LogP contribution in [0.3, 0.4) is 0 Å². The van der Waals surface area contributed by atoms with Crippen LogP contribution in [0.15, 0.2) is 48.5 Å². The minimum Gasteiger partial charge on any atom is -0.354 e. The molecule has 0 fully saturated rings. The van der Waals surface area contributed by atoms with Gasteiger partial charge in [0.1, 0.15) is 6.04 Å². The summed E-state index contributed by atoms with van der Waals surface area (Å²) in [6, 6.07) is 15.6. The fraction of sp³-hybridized carbons (Fsp3) is 0.440. The Hall–Kier alpha value is -2.62. The van der Waals surface area contributed by atoms with Gasteiger partial charge in [-0.25, -0.2) is 0 Å². The first kappa shape index (κ1) is 22.7. The lowest BCUT2D eigenvalue weighted by atomic mass is 10.0. The van der Waals surface area contributed by atoms with Crippen molar-refractivity contribution < 1.29 is 9.59 Å². The van der Waals surface area contributed by atoms with Crippen molar-refractivity contribution in [3.8, 4) is 0 Å². The second-order valence-corrected chi connectivity index (χ2v) is 8.24. The number of amides is 2. The molecule has 2 aromatic rings. The topological polar surface area (TPSA) is 49.4 Å². The minimum atomic E-state index is -0.479. The Morgan fingerprint density at radius 3 is 2.14 bits per heavy atom. The summed E-state index contributed by atoms with van der Waals surface area (Å²) < 4.78 is 0. The Balaban J connectivity index is 2.26. The fourth-order valence-corrected chi connectivity index (χ4v) is 3.57. The maximum absolute atomic E-state index is 13.3. The van der Waals surface area contributed by atoms with Crippen LogP contribution in [0.5, 0.6) is 0 Å². The van der Waals surface area contributed by atoms with Gasteiger partial charge in [-0.15, -0.1) is 0 Å². The standard InChI is InChI=1S/C25H34N2O2/c1-6-23(25(29)26-16-18(2)3)27(17-21-10-8-7-9-11-21)24(28)15-22-13-19(4)12-20(5)14-22/h7-14,18,23H,6,15-17H2,1-5H3,(H,26,29). The van der Waals surface area contributed by atoms with E-state index in [0.29, 0.717) is 31.8 Å². The van der Waals surface area contributed by atoms with Crippen LogP contribution in [0.1, 0.15) is 49.4 Å². The molecule has 0 aromatic heterocycles. The lowest BCUT2D eigenvalue weighted by Crippen LogP contribution is -2.50. The Bertz CT molecular complexity index is 795. The van der Waals surface area contributed by atoms with Gasteiger partial charge in [0.25, 0.3) is 0 Å². The predicted molar refractivity (Wildman–Crippen MR) is 119 cm³/mol. The van der Waals surface area contributed by atoms with E-state index in [2.05, 4.69) is 25.2 Å². The molecule has 0 aliphatic heterocycles. The van der Waals surface area contributed by atoms with Gasteiger partial charge in [0.15, 0.2) is 0 Å². The highest BCUT2D eigenvalue weighted by atomic mass is 16.2. The molecule has 2 aromatic carbocycles. The Kier molecular flexibility index (Phi) is 8.44. The minimum absolute atomic E-state index is 0.0228. The summed E-state index contributed by atoms with van der Waals surface area (Å²) in [7, 11) is 0. The number of hydrogen-bond acceptors (Lipinski definition) is 2. The lowest BCUT2D eigenvalue weighted by Gasteiger charge is -2.31. The molecule has 0 saturated carbocycles. The number of carbonyl (C=O) groups is 2. The quantitative estimate of drug-likeness (QED) is 0.684. The predicted octanol–water partition coefficient (Wildman–Crippen LogP) is 4.43. The molecule has 4 nitrogen and oxygen atoms in total. The summed E-state index contributed by atoms with van der Waals surface area (Å²) in [6.07, 6.45) is 0.874. The van der Waals surface area contributed by atoms with Crippen LogP contribution in [0.25, 0.3) is 0 Å². The molecule has 0 heterocycles. The van der Waals surface area contributed by atoms with Crippen LogP contribution in [0.2, 0.25) is 0 Å². The van der Waals surface area contributed by atoms with Gasteiger partial charge in [-0.1, -0.05) is 80.4 Å². The van der Waals surface area contributed by atoms with E-state index in [0.717, 1.165) is 22.3 Å². The van der Waals surface area contributed by atoms with E-state index in [1.165, 1.54) is 0 Å². The second-order valence-electron chi connectivity index (χ2n) is 8.24. The summed E-state index contributed by atoms with van der Waals surface area (Å²) >= 11 is 0. The van der Waals surface area contributed by atoms with Gasteiger partial charge >= 0.3 is 0 Å². The zero-order valence-electron chi connectivity index (χ0n) is 18.4. The van der Waals surface area contributed by atoms with Crippen molar-refractivity contribution in [1.82, 2.24) is 10.2 Å². The molecule has 29 heavy (non-hydrogen) atoms. The number of benzene rings is 2. The highest BCUT2D eigenvalue weighted by Crippen LogP contribution is 2.16. The van der Waals surface area contributed by atoms with Crippen LogP contribution in [-0.2, 0) is 22.6 Å². The third kappa shape index (κ3) is 7.04. The van der Waals surface area contributed by atoms with Crippen molar-refractivity contribution in [3.63, 3.8) is 0 Å². The number of carbonyl (C=O) groups excluding carboxylic acids is 2. The van der Waals surface area contributed by atoms with Crippen molar-refractivity contribution in [1.29, 1.82) is 0 Å². The number of hydrogen-bond donors (Lipinski definition) is 1. The normalized spacial score (nSPS) is 11.9. The average Bonchev–Trinajstić information content (AvgIpc) is 2.66. The summed E-state index contributed by atoms with van der Waals surface area (Å²) in [4.78, 5) is 27.9. The molecule has 2 rings (SSSR count). The number of aryl methyl sites for hydroxylation is 2. The largest absolute Gasteiger partial charge is 0.354 e. The van der Waals surface area contributed by atoms with Gasteiger partial charge in [-0.2, -0.15) is 0 Å². The van der Waals surface area contributed by atoms with Gasteiger partial charge in [-0.3, -0.25) is 9.59 Å². The van der Waals surface area contributed by atoms with Crippen LogP contribution in [-0.4, -0.2) is 29.3 Å². The van der Waals surface area contributed by atoms with Crippen LogP contribution in [0.4, 0.5) is 0 Å². The van der Waals surface area contributed by atoms with Crippen LogP contribution in [0, 0.1) is 19.8 Å². The van der Waals surface area contributed by atoms with Crippen molar-refractivity contribution in [2.24, 2.45) is 5.92 Å². The highest BCUT2D eigenvalue weighted by molar-refractivity contribution is 5.88. The van der Waals surface area contributed by atoms with Crippen molar-refractivity contribution >= 4 is 11.8 Å². The van der Waals surface area contributed by atoms with Crippen molar-refractivity contribution in [3.05, 3.63) is 70.8 Å². The van der Waals surface area contributed by atoms with E-state index in [1.54, 1.807) is 4.90 Å². The molecule has 0 bridgehead atoms. The highest BCUT2D eigenvalue weighted by Gasteiger charge is 2.28. The molecule has 0 aliphatic rings. The summed E-state index contributed by atoms with van der Waals surface area (Å²) in [5.41, 5.74) is 4.30. The molecule has 0 radical (unpaired) electrons. The Labute approximate surface area is 175 Å². The van der Waals surface area contributed by atoms with E-state index in [-0.39, 0.29) is 11.8 Å². The fourth-order valence-electron chi connectivity index (χ4n) is 3.57. The lowest BCUT2D eigenvalue weighted by molar-refractivity contribution is -0.141. The first-order valence-corrected chi connectivity index (χ1v) is 10.5. The Morgan fingerprint density at radius 2 is 1.59 bits per heavy atom. The zero-order chi connectivity index (χ0) is 21.4. The zero-order valence-corrected chi connectivity index (χ0v) is 18.4. The molecule has 0 saturated heterocycles. The Morgan fingerprint density at radius 1 is 0.966 bits per heavy atom. The summed E-state index contributed by atoms with van der Waals surface area (Å²) in [6.45, 7) is 11.2. The van der Waals surface area contributed by atoms with E-state index in [1.807, 2.05) is 63.2 Å². The second kappa shape index (κ2) is 10.8. The van der Waals surface area contributed by atoms with E-state index < -0.39 is 6.04 Å². The smallest absolute Gasteiger partial charge is 0.242 e. The van der Waals surface area contributed by atoms with E-state index in [4.69, 9.17) is 0 Å². The number of rotatable bonds is 9. The van der Waals surface area contributed by atoms with Crippen LogP contribution < -0.4 is 5.32 Å². The number of nitrogens with one attached hydrogen (secondary N) is 1. The molecule has 2 amide bonds. The molecular formula is C25H34N2O2. The van der Waals surface area contributed by atoms with Gasteiger partial charge in [0.05, 0.1) is 6.42 Å².